The van der Waals surface area contributed by atoms with Crippen molar-refractivity contribution >= 4 is 17.9 Å². The fourth-order valence-corrected chi connectivity index (χ4v) is 9.11. The number of carbonyl (C=O) groups excluding carboxylic acids is 3. The Bertz CT molecular complexity index is 1720. The van der Waals surface area contributed by atoms with Crippen LogP contribution in [0.5, 0.6) is 0 Å². The summed E-state index contributed by atoms with van der Waals surface area (Å²) in [6.45, 7) is 6.49. The van der Waals surface area contributed by atoms with Crippen LogP contribution in [-0.4, -0.2) is 37.2 Å². The zero-order valence-electron chi connectivity index (χ0n) is 52.8. The molecule has 0 aromatic heterocycles. The van der Waals surface area contributed by atoms with Crippen LogP contribution in [0, 0.1) is 0 Å². The Morgan fingerprint density at radius 2 is 0.481 bits per heavy atom. The molecule has 0 N–H and O–H groups in total. The van der Waals surface area contributed by atoms with E-state index in [1.54, 1.807) is 0 Å². The van der Waals surface area contributed by atoms with Gasteiger partial charge in [-0.1, -0.05) is 296 Å². The lowest BCUT2D eigenvalue weighted by atomic mass is 10.0. The molecule has 6 heteroatoms. The van der Waals surface area contributed by atoms with Crippen molar-refractivity contribution in [2.45, 2.75) is 309 Å². The molecule has 0 saturated carbocycles. The Labute approximate surface area is 500 Å². The summed E-state index contributed by atoms with van der Waals surface area (Å²) in [5.74, 6) is -0.937. The highest BCUT2D eigenvalue weighted by atomic mass is 16.6. The molecule has 0 radical (unpaired) electrons. The Morgan fingerprint density at radius 1 is 0.259 bits per heavy atom. The second-order valence-corrected chi connectivity index (χ2v) is 22.0. The molecule has 0 aliphatic heterocycles. The van der Waals surface area contributed by atoms with Crippen molar-refractivity contribution in [2.75, 3.05) is 13.2 Å². The fourth-order valence-electron chi connectivity index (χ4n) is 9.11. The largest absolute Gasteiger partial charge is 0.462 e. The predicted octanol–water partition coefficient (Wildman–Crippen LogP) is 23.3. The minimum Gasteiger partial charge on any atom is -0.462 e. The smallest absolute Gasteiger partial charge is 0.306 e. The third-order valence-electron chi connectivity index (χ3n) is 14.1. The van der Waals surface area contributed by atoms with E-state index in [9.17, 15) is 14.4 Å². The van der Waals surface area contributed by atoms with Gasteiger partial charge in [-0.15, -0.1) is 0 Å². The Morgan fingerprint density at radius 3 is 0.778 bits per heavy atom. The van der Waals surface area contributed by atoms with E-state index in [4.69, 9.17) is 14.2 Å². The maximum absolute atomic E-state index is 12.9. The lowest BCUT2D eigenvalue weighted by molar-refractivity contribution is -0.167. The van der Waals surface area contributed by atoms with Gasteiger partial charge >= 0.3 is 17.9 Å². The van der Waals surface area contributed by atoms with Gasteiger partial charge in [0.2, 0.25) is 0 Å². The molecule has 0 rings (SSSR count). The highest BCUT2D eigenvalue weighted by molar-refractivity contribution is 5.71. The molecule has 0 saturated heterocycles. The average molecular weight is 1120 g/mol. The van der Waals surface area contributed by atoms with E-state index in [2.05, 4.69) is 154 Å². The molecule has 81 heavy (non-hydrogen) atoms. The third-order valence-corrected chi connectivity index (χ3v) is 14.1. The van der Waals surface area contributed by atoms with E-state index in [0.717, 1.165) is 148 Å². The second-order valence-electron chi connectivity index (χ2n) is 22.0. The zero-order valence-corrected chi connectivity index (χ0v) is 52.8. The van der Waals surface area contributed by atoms with Crippen molar-refractivity contribution in [3.63, 3.8) is 0 Å². The van der Waals surface area contributed by atoms with Gasteiger partial charge in [-0.05, 0) is 122 Å². The first-order valence-electron chi connectivity index (χ1n) is 33.7. The summed E-state index contributed by atoms with van der Waals surface area (Å²) >= 11 is 0. The van der Waals surface area contributed by atoms with E-state index >= 15 is 0 Å². The van der Waals surface area contributed by atoms with Crippen molar-refractivity contribution in [3.8, 4) is 0 Å². The summed E-state index contributed by atoms with van der Waals surface area (Å²) in [4.78, 5) is 38.4. The lowest BCUT2D eigenvalue weighted by Gasteiger charge is -2.18. The quantitative estimate of drug-likeness (QED) is 0.0261. The fraction of sp³-hybridized carbons (Fsp3) is 0.667. The van der Waals surface area contributed by atoms with E-state index in [-0.39, 0.29) is 31.1 Å². The summed E-state index contributed by atoms with van der Waals surface area (Å²) in [5, 5.41) is 0. The first-order valence-corrected chi connectivity index (χ1v) is 33.7. The summed E-state index contributed by atoms with van der Waals surface area (Å²) in [7, 11) is 0. The summed E-state index contributed by atoms with van der Waals surface area (Å²) < 4.78 is 16.9. The molecular formula is C75H124O6. The zero-order chi connectivity index (χ0) is 58.5. The van der Waals surface area contributed by atoms with Gasteiger partial charge in [-0.2, -0.15) is 0 Å². The molecule has 0 bridgehead atoms. The molecule has 0 amide bonds. The van der Waals surface area contributed by atoms with Crippen LogP contribution in [0.4, 0.5) is 0 Å². The highest BCUT2D eigenvalue weighted by Crippen LogP contribution is 2.16. The molecule has 0 aliphatic rings. The van der Waals surface area contributed by atoms with E-state index in [1.165, 1.54) is 116 Å². The topological polar surface area (TPSA) is 78.9 Å². The molecule has 0 spiro atoms. The molecular weight excluding hydrogens is 997 g/mol. The van der Waals surface area contributed by atoms with Crippen molar-refractivity contribution in [3.05, 3.63) is 134 Å². The van der Waals surface area contributed by atoms with Crippen LogP contribution in [-0.2, 0) is 28.6 Å². The number of carbonyl (C=O) groups is 3. The second kappa shape index (κ2) is 68.1. The maximum Gasteiger partial charge on any atom is 0.306 e. The number of ether oxygens (including phenoxy) is 3. The normalized spacial score (nSPS) is 13.0. The maximum atomic E-state index is 12.9. The average Bonchev–Trinajstić information content (AvgIpc) is 3.47. The molecule has 0 aromatic carbocycles. The van der Waals surface area contributed by atoms with Crippen LogP contribution in [0.1, 0.15) is 303 Å². The minimum atomic E-state index is -0.803. The van der Waals surface area contributed by atoms with Crippen LogP contribution in [0.15, 0.2) is 134 Å². The first-order chi connectivity index (χ1) is 40.0. The monoisotopic (exact) mass is 1120 g/mol. The summed E-state index contributed by atoms with van der Waals surface area (Å²) in [5.41, 5.74) is 0. The van der Waals surface area contributed by atoms with Gasteiger partial charge in [0.05, 0.1) is 0 Å². The van der Waals surface area contributed by atoms with E-state index in [0.29, 0.717) is 19.3 Å². The number of esters is 3. The van der Waals surface area contributed by atoms with Gasteiger partial charge in [0.1, 0.15) is 13.2 Å². The molecule has 0 aliphatic carbocycles. The molecule has 0 heterocycles. The highest BCUT2D eigenvalue weighted by Gasteiger charge is 2.19. The third kappa shape index (κ3) is 66.2. The SMILES string of the molecule is CC/C=C\C/C=C\C/C=C\C/C=C\C/C=C\C/C=C\C/C=C\C/C=C\C/C=C\CCCCCC(=O)OCC(COC(=O)CCCCCCCCCCCCCCCCCC)OC(=O)CCCCCCC/C=C\C/C=C\CCCCCC. The van der Waals surface area contributed by atoms with Gasteiger partial charge in [-0.3, -0.25) is 14.4 Å². The van der Waals surface area contributed by atoms with Gasteiger partial charge in [-0.25, -0.2) is 0 Å². The lowest BCUT2D eigenvalue weighted by Crippen LogP contribution is -2.30. The molecule has 0 fully saturated rings. The number of hydrogen-bond donors (Lipinski definition) is 0. The van der Waals surface area contributed by atoms with Gasteiger partial charge in [0.25, 0.3) is 0 Å². The van der Waals surface area contributed by atoms with Crippen LogP contribution in [0.2, 0.25) is 0 Å². The van der Waals surface area contributed by atoms with Crippen LogP contribution < -0.4 is 0 Å². The number of rotatable bonds is 60. The van der Waals surface area contributed by atoms with Crippen molar-refractivity contribution in [2.24, 2.45) is 0 Å². The van der Waals surface area contributed by atoms with Crippen molar-refractivity contribution in [1.82, 2.24) is 0 Å². The Balaban J connectivity index is 4.41. The van der Waals surface area contributed by atoms with Crippen LogP contribution in [0.25, 0.3) is 0 Å². The molecule has 6 nitrogen and oxygen atoms in total. The number of allylic oxidation sites excluding steroid dienone is 22. The standard InChI is InChI=1S/C75H124O6/c1-4-7-10-13-16-19-22-25-28-31-32-33-34-35-36-37-38-39-40-41-42-43-44-45-48-50-53-56-59-62-65-68-74(77)80-71-72(81-75(78)69-66-63-60-57-54-51-47-30-27-24-21-18-15-12-9-6-3)70-79-73(76)67-64-61-58-55-52-49-46-29-26-23-20-17-14-11-8-5-2/h7,10,16,19,21,24-25,28,30,32-33,35-36,38-39,41-42,44-45,47,50,53,72H,4-6,8-9,11-15,17-18,20,22-23,26-27,29,31,34,37,40,43,46,48-49,51-52,54-71H2,1-3H3/b10-7-,19-16-,24-21-,28-25-,33-32-,36-35-,39-38-,42-41-,45-44-,47-30-,53-50-. The number of hydrogen-bond acceptors (Lipinski definition) is 6. The van der Waals surface area contributed by atoms with Gasteiger partial charge < -0.3 is 14.2 Å². The summed E-state index contributed by atoms with van der Waals surface area (Å²) in [6.07, 6.45) is 96.0. The predicted molar refractivity (Wildman–Crippen MR) is 353 cm³/mol. The van der Waals surface area contributed by atoms with Gasteiger partial charge in [0, 0.05) is 19.3 Å². The number of unbranched alkanes of at least 4 members (excludes halogenated alkanes) is 27. The molecule has 1 unspecified atom stereocenters. The summed E-state index contributed by atoms with van der Waals surface area (Å²) in [6, 6.07) is 0. The Hall–Kier alpha value is -4.45. The van der Waals surface area contributed by atoms with Crippen LogP contribution >= 0.6 is 0 Å². The minimum absolute atomic E-state index is 0.0950. The Kier molecular flexibility index (Phi) is 64.3. The molecule has 1 atom stereocenters. The van der Waals surface area contributed by atoms with Crippen molar-refractivity contribution < 1.29 is 28.6 Å². The van der Waals surface area contributed by atoms with Crippen molar-refractivity contribution in [1.29, 1.82) is 0 Å². The molecule has 460 valence electrons. The van der Waals surface area contributed by atoms with E-state index < -0.39 is 6.10 Å². The van der Waals surface area contributed by atoms with Gasteiger partial charge in [0.15, 0.2) is 6.10 Å². The van der Waals surface area contributed by atoms with Crippen LogP contribution in [0.3, 0.4) is 0 Å². The first kappa shape index (κ1) is 76.5. The van der Waals surface area contributed by atoms with E-state index in [1.807, 2.05) is 0 Å². The molecule has 0 aromatic rings.